The molecule has 0 rings (SSSR count). The molecule has 77 valence electrons. The zero-order valence-corrected chi connectivity index (χ0v) is 12.6. The van der Waals surface area contributed by atoms with Gasteiger partial charge in [0.05, 0.1) is 0 Å². The van der Waals surface area contributed by atoms with Gasteiger partial charge in [-0.25, -0.2) is 0 Å². The van der Waals surface area contributed by atoms with E-state index in [-0.39, 0.29) is 0 Å². The van der Waals surface area contributed by atoms with E-state index in [0.717, 1.165) is 0 Å². The van der Waals surface area contributed by atoms with E-state index in [9.17, 15) is 0 Å². The third-order valence-corrected chi connectivity index (χ3v) is 46.6. The van der Waals surface area contributed by atoms with E-state index in [1.54, 1.807) is 0 Å². The van der Waals surface area contributed by atoms with Crippen LogP contribution in [-0.4, -0.2) is 40.0 Å². The molecule has 0 spiro atoms. The van der Waals surface area contributed by atoms with E-state index < -0.39 is 21.9 Å². The molecule has 0 aliphatic carbocycles. The van der Waals surface area contributed by atoms with Crippen molar-refractivity contribution in [3.05, 3.63) is 0 Å². The molecule has 0 radical (unpaired) electrons. The fourth-order valence-corrected chi connectivity index (χ4v) is 27.8. The second-order valence-corrected chi connectivity index (χ2v) is 35.6. The Kier molecular flexibility index (Phi) is 4.23. The fraction of sp³-hybridized carbons (Fsp3) is 1.00. The summed E-state index contributed by atoms with van der Waals surface area (Å²) >= 11 is 0. The summed E-state index contributed by atoms with van der Waals surface area (Å²) in [5.41, 5.74) is 0. The molecule has 0 nitrogen and oxygen atoms in total. The van der Waals surface area contributed by atoms with Crippen LogP contribution in [0, 0.1) is 0 Å². The maximum absolute atomic E-state index is 6.49. The Morgan fingerprint density at radius 1 is 0.727 bits per heavy atom. The quantitative estimate of drug-likeness (QED) is 0.680. The number of halogens is 2. The summed E-state index contributed by atoms with van der Waals surface area (Å²) in [5.74, 6) is -2.64. The predicted octanol–water partition coefficient (Wildman–Crippen LogP) is 3.56. The first-order valence-corrected chi connectivity index (χ1v) is 16.2. The molecule has 11 heavy (non-hydrogen) atoms. The number of rotatable bonds is 2. The van der Waals surface area contributed by atoms with Crippen molar-refractivity contribution in [1.29, 1.82) is 0 Å². The summed E-state index contributed by atoms with van der Waals surface area (Å²) in [5, 5.41) is 0. The number of hydrogen-bond acceptors (Lipinski definition) is 0. The molecule has 0 N–H and O–H groups in total. The van der Waals surface area contributed by atoms with Gasteiger partial charge in [-0.15, -0.1) is 0 Å². The van der Waals surface area contributed by atoms with Crippen LogP contribution in [0.15, 0.2) is 0 Å². The van der Waals surface area contributed by atoms with Gasteiger partial charge in [-0.2, -0.15) is 0 Å². The molecule has 0 heterocycles. The van der Waals surface area contributed by atoms with Gasteiger partial charge in [-0.05, 0) is 0 Å². The summed E-state index contributed by atoms with van der Waals surface area (Å²) < 4.78 is 0. The van der Waals surface area contributed by atoms with Crippen molar-refractivity contribution in [2.24, 2.45) is 0 Å². The van der Waals surface area contributed by atoms with Gasteiger partial charge in [0, 0.05) is 0 Å². The van der Waals surface area contributed by atoms with Crippen LogP contribution in [0.1, 0.15) is 0 Å². The normalized spacial score (nSPS) is 19.6. The molecule has 0 unspecified atom stereocenters. The van der Waals surface area contributed by atoms with Crippen molar-refractivity contribution in [3.63, 3.8) is 0 Å². The molecule has 0 saturated heterocycles. The molecule has 0 amide bonds. The van der Waals surface area contributed by atoms with Gasteiger partial charge in [0.25, 0.3) is 0 Å². The summed E-state index contributed by atoms with van der Waals surface area (Å²) in [7, 11) is 11.4. The minimum atomic E-state index is -1.57. The Hall–Kier alpha value is 1.95. The third-order valence-electron chi connectivity index (χ3n) is 1.26. The average Bonchev–Trinajstić information content (AvgIpc) is 1.58. The van der Waals surface area contributed by atoms with Gasteiger partial charge >= 0.3 is 82.2 Å². The van der Waals surface area contributed by atoms with Crippen LogP contribution in [0.25, 0.3) is 0 Å². The van der Waals surface area contributed by atoms with Gasteiger partial charge in [0.1, 0.15) is 0 Å². The maximum atomic E-state index is 6.49. The van der Waals surface area contributed by atoms with Crippen molar-refractivity contribution >= 4 is 32.3 Å². The Balaban J connectivity index is 4.75. The molecule has 0 aliphatic heterocycles. The van der Waals surface area contributed by atoms with E-state index in [1.165, 1.54) is 0 Å². The summed E-state index contributed by atoms with van der Waals surface area (Å²) in [6.07, 6.45) is 0. The molecule has 0 saturated carbocycles. The third kappa shape index (κ3) is 2.97. The Morgan fingerprint density at radius 3 is 0.909 bits per heavy atom. The molecule has 0 bridgehead atoms. The van der Waals surface area contributed by atoms with Gasteiger partial charge in [-0.1, -0.05) is 0 Å². The van der Waals surface area contributed by atoms with Crippen molar-refractivity contribution < 1.29 is 9.94 Å². The van der Waals surface area contributed by atoms with E-state index in [0.29, 0.717) is 0 Å². The first-order chi connectivity index (χ1) is 4.50. The van der Waals surface area contributed by atoms with Crippen LogP contribution in [-0.2, 0) is 9.94 Å². The monoisotopic (exact) mass is 283 g/mol. The van der Waals surface area contributed by atoms with Crippen molar-refractivity contribution in [2.75, 3.05) is 40.0 Å². The average molecular weight is 284 g/mol. The second-order valence-electron chi connectivity index (χ2n) is 4.38. The number of hydrogen-bond donors (Lipinski definition) is 0. The van der Waals surface area contributed by atoms with Crippen LogP contribution >= 0.6 is 32.3 Å². The molecule has 0 aromatic carbocycles. The molecule has 5 heteroatoms. The zero-order chi connectivity index (χ0) is 9.50. The Morgan fingerprint density at radius 2 is 0.909 bits per heavy atom. The molecule has 0 aliphatic rings. The van der Waals surface area contributed by atoms with Crippen molar-refractivity contribution in [2.45, 2.75) is 0 Å². The van der Waals surface area contributed by atoms with Crippen molar-refractivity contribution in [1.82, 2.24) is 0 Å². The van der Waals surface area contributed by atoms with E-state index in [2.05, 4.69) is 40.0 Å². The molecule has 0 fully saturated rings. The standard InChI is InChI=1S/2C3H9P.2ClH.Co/c2*1-4(2)3;;;/h2*1-3H3;2*1H;. The summed E-state index contributed by atoms with van der Waals surface area (Å²) in [6.45, 7) is 13.7. The van der Waals surface area contributed by atoms with Gasteiger partial charge in [0.2, 0.25) is 0 Å². The van der Waals surface area contributed by atoms with E-state index >= 15 is 0 Å². The van der Waals surface area contributed by atoms with E-state index in [1.807, 2.05) is 0 Å². The van der Waals surface area contributed by atoms with Crippen LogP contribution in [0.4, 0.5) is 0 Å². The SMILES string of the molecule is C[PH](C)(C)[Co]([Cl])([Cl])[PH](C)(C)C. The van der Waals surface area contributed by atoms with Crippen LogP contribution in [0.5, 0.6) is 0 Å². The summed E-state index contributed by atoms with van der Waals surface area (Å²) in [4.78, 5) is 0. The van der Waals surface area contributed by atoms with Crippen LogP contribution < -0.4 is 0 Å². The van der Waals surface area contributed by atoms with Crippen molar-refractivity contribution in [3.8, 4) is 0 Å². The van der Waals surface area contributed by atoms with Gasteiger partial charge in [-0.3, -0.25) is 0 Å². The Labute approximate surface area is 82.0 Å². The first kappa shape index (κ1) is 12.9. The molecular formula is C6H20Cl2CoP2. The molecular weight excluding hydrogens is 264 g/mol. The first-order valence-electron chi connectivity index (χ1n) is 3.59. The molecule has 0 atom stereocenters. The second kappa shape index (κ2) is 3.60. The molecule has 0 aromatic heterocycles. The van der Waals surface area contributed by atoms with Gasteiger partial charge < -0.3 is 0 Å². The minimum absolute atomic E-state index is 1.32. The Bertz CT molecular complexity index is 130. The fourth-order valence-electron chi connectivity index (χ4n) is 0.750. The zero-order valence-electron chi connectivity index (χ0n) is 8.09. The summed E-state index contributed by atoms with van der Waals surface area (Å²) in [6, 6.07) is 0. The predicted molar refractivity (Wildman–Crippen MR) is 63.9 cm³/mol. The van der Waals surface area contributed by atoms with E-state index in [4.69, 9.17) is 20.3 Å². The van der Waals surface area contributed by atoms with Gasteiger partial charge in [0.15, 0.2) is 0 Å². The molecule has 0 aromatic rings. The van der Waals surface area contributed by atoms with Crippen LogP contribution in [0.2, 0.25) is 0 Å². The van der Waals surface area contributed by atoms with Crippen LogP contribution in [0.3, 0.4) is 0 Å². The topological polar surface area (TPSA) is 0 Å².